The number of aryl methyl sites for hydroxylation is 1. The number of sulfonamides is 1. The van der Waals surface area contributed by atoms with Crippen LogP contribution in [0.25, 0.3) is 5.69 Å². The number of nitrogens with one attached hydrogen (secondary N) is 2. The monoisotopic (exact) mass is 670 g/mol. The Hall–Kier alpha value is -2.80. The van der Waals surface area contributed by atoms with Gasteiger partial charge in [0.15, 0.2) is 0 Å². The second-order valence-corrected chi connectivity index (χ2v) is 15.5. The summed E-state index contributed by atoms with van der Waals surface area (Å²) in [6.07, 6.45) is 10.5. The van der Waals surface area contributed by atoms with Gasteiger partial charge in [0.2, 0.25) is 21.8 Å². The molecule has 1 aliphatic carbocycles. The van der Waals surface area contributed by atoms with Crippen LogP contribution < -0.4 is 10.0 Å². The maximum atomic E-state index is 13.9. The molecular weight excluding hydrogens is 616 g/mol. The van der Waals surface area contributed by atoms with Crippen molar-refractivity contribution < 1.29 is 22.7 Å². The Balaban J connectivity index is 1.24. The lowest BCUT2D eigenvalue weighted by molar-refractivity contribution is -0.162. The molecule has 1 aromatic carbocycles. The van der Waals surface area contributed by atoms with E-state index in [9.17, 15) is 18.0 Å². The number of carbonyl (C=O) groups excluding carboxylic acids is 2. The molecule has 1 aromatic heterocycles. The fourth-order valence-corrected chi connectivity index (χ4v) is 8.74. The lowest BCUT2D eigenvalue weighted by Gasteiger charge is -2.52. The van der Waals surface area contributed by atoms with E-state index >= 15 is 0 Å². The van der Waals surface area contributed by atoms with Crippen molar-refractivity contribution >= 4 is 21.8 Å². The summed E-state index contributed by atoms with van der Waals surface area (Å²) in [6.45, 7) is 9.73. The molecule has 2 saturated heterocycles. The van der Waals surface area contributed by atoms with Crippen LogP contribution in [0.3, 0.4) is 0 Å². The van der Waals surface area contributed by atoms with Gasteiger partial charge in [-0.15, -0.1) is 0 Å². The minimum atomic E-state index is -3.61. The minimum Gasteiger partial charge on any atom is -0.385 e. The van der Waals surface area contributed by atoms with Crippen LogP contribution in [-0.4, -0.2) is 91.3 Å². The summed E-state index contributed by atoms with van der Waals surface area (Å²) in [6, 6.07) is 6.38. The van der Waals surface area contributed by atoms with Gasteiger partial charge in [-0.1, -0.05) is 45.4 Å². The predicted molar refractivity (Wildman–Crippen MR) is 182 cm³/mol. The molecule has 1 unspecified atom stereocenters. The highest BCUT2D eigenvalue weighted by Crippen LogP contribution is 2.36. The molecule has 3 fully saturated rings. The molecule has 2 amide bonds. The lowest BCUT2D eigenvalue weighted by atomic mass is 9.79. The van der Waals surface area contributed by atoms with Gasteiger partial charge in [0, 0.05) is 57.7 Å². The van der Waals surface area contributed by atoms with Crippen molar-refractivity contribution in [1.82, 2.24) is 29.6 Å². The van der Waals surface area contributed by atoms with E-state index in [0.29, 0.717) is 64.5 Å². The van der Waals surface area contributed by atoms with Gasteiger partial charge < -0.3 is 15.0 Å². The number of benzene rings is 1. The van der Waals surface area contributed by atoms with Crippen molar-refractivity contribution in [1.29, 1.82) is 0 Å². The summed E-state index contributed by atoms with van der Waals surface area (Å²) < 4.78 is 34.8. The number of carbonyl (C=O) groups is 2. The predicted octanol–water partition coefficient (Wildman–Crippen LogP) is 4.24. The smallest absolute Gasteiger partial charge is 0.246 e. The number of hydrogen-bond donors (Lipinski definition) is 2. The highest BCUT2D eigenvalue weighted by molar-refractivity contribution is 7.89. The van der Waals surface area contributed by atoms with Gasteiger partial charge in [-0.25, -0.2) is 17.8 Å². The molecule has 2 N–H and O–H groups in total. The molecule has 2 aromatic rings. The van der Waals surface area contributed by atoms with Crippen molar-refractivity contribution in [3.8, 4) is 5.69 Å². The van der Waals surface area contributed by atoms with Crippen molar-refractivity contribution in [2.75, 3.05) is 39.9 Å². The van der Waals surface area contributed by atoms with Crippen LogP contribution >= 0.6 is 0 Å². The Morgan fingerprint density at radius 2 is 1.74 bits per heavy atom. The van der Waals surface area contributed by atoms with Crippen molar-refractivity contribution in [3.63, 3.8) is 0 Å². The Kier molecular flexibility index (Phi) is 11.8. The molecule has 0 bridgehead atoms. The summed E-state index contributed by atoms with van der Waals surface area (Å²) >= 11 is 0. The molecule has 47 heavy (non-hydrogen) atoms. The van der Waals surface area contributed by atoms with Gasteiger partial charge in [0.1, 0.15) is 11.6 Å². The maximum Gasteiger partial charge on any atom is 0.246 e. The fourth-order valence-electron chi connectivity index (χ4n) is 7.66. The number of hydrogen-bond acceptors (Lipinski definition) is 7. The maximum absolute atomic E-state index is 13.9. The Labute approximate surface area is 280 Å². The normalized spacial score (nSPS) is 21.0. The number of nitrogens with zero attached hydrogens (tertiary/aromatic N) is 4. The van der Waals surface area contributed by atoms with Crippen LogP contribution in [0.2, 0.25) is 0 Å². The molecule has 3 aliphatic rings. The van der Waals surface area contributed by atoms with Gasteiger partial charge in [0.25, 0.3) is 0 Å². The van der Waals surface area contributed by atoms with E-state index in [-0.39, 0.29) is 16.7 Å². The summed E-state index contributed by atoms with van der Waals surface area (Å²) in [5.41, 5.74) is 3.05. The van der Waals surface area contributed by atoms with Crippen LogP contribution in [0.15, 0.2) is 29.2 Å². The number of likely N-dealkylation sites (tertiary alicyclic amines) is 1. The topological polar surface area (TPSA) is 126 Å². The van der Waals surface area contributed by atoms with E-state index in [1.54, 1.807) is 31.4 Å². The molecule has 3 heterocycles. The third-order valence-electron chi connectivity index (χ3n) is 10.6. The van der Waals surface area contributed by atoms with Crippen LogP contribution in [0.5, 0.6) is 0 Å². The molecule has 1 saturated carbocycles. The van der Waals surface area contributed by atoms with Crippen LogP contribution in [0.4, 0.5) is 0 Å². The number of aromatic nitrogens is 2. The lowest BCUT2D eigenvalue weighted by Crippen LogP contribution is -2.73. The third kappa shape index (κ3) is 7.92. The van der Waals surface area contributed by atoms with Crippen molar-refractivity contribution in [2.24, 2.45) is 5.92 Å². The number of methoxy groups -OCH3 is 1. The molecular formula is C35H54N6O5S. The molecule has 1 spiro atoms. The van der Waals surface area contributed by atoms with Crippen molar-refractivity contribution in [2.45, 2.75) is 114 Å². The summed E-state index contributed by atoms with van der Waals surface area (Å²) in [4.78, 5) is 32.3. The summed E-state index contributed by atoms with van der Waals surface area (Å²) in [7, 11) is -2.01. The molecule has 2 aliphatic heterocycles. The summed E-state index contributed by atoms with van der Waals surface area (Å²) in [5, 5.41) is 8.01. The first-order chi connectivity index (χ1) is 22.6. The first-order valence-corrected chi connectivity index (χ1v) is 19.1. The number of piperazine rings is 1. The SMILES string of the molecule is CCCCN1C(=O)C(CC2CCCCC2)NC(=O)C12CCN(Cc1c(C)nn(-c3ccc(S(=O)(=O)NCCCOC)cc3)c1C)CC2. The Morgan fingerprint density at radius 3 is 2.40 bits per heavy atom. The second-order valence-electron chi connectivity index (χ2n) is 13.7. The van der Waals surface area contributed by atoms with E-state index in [1.807, 2.05) is 23.4 Å². The van der Waals surface area contributed by atoms with E-state index in [2.05, 4.69) is 21.9 Å². The molecule has 1 atom stereocenters. The van der Waals surface area contributed by atoms with E-state index in [4.69, 9.17) is 9.84 Å². The molecule has 260 valence electrons. The largest absolute Gasteiger partial charge is 0.385 e. The highest BCUT2D eigenvalue weighted by Gasteiger charge is 2.53. The van der Waals surface area contributed by atoms with E-state index in [1.165, 1.54) is 19.3 Å². The number of rotatable bonds is 14. The minimum absolute atomic E-state index is 0.0319. The van der Waals surface area contributed by atoms with Gasteiger partial charge in [-0.05, 0) is 76.1 Å². The Morgan fingerprint density at radius 1 is 1.04 bits per heavy atom. The van der Waals surface area contributed by atoms with E-state index in [0.717, 1.165) is 54.7 Å². The summed E-state index contributed by atoms with van der Waals surface area (Å²) in [5.74, 6) is 0.670. The number of ether oxygens (including phenoxy) is 1. The van der Waals surface area contributed by atoms with Gasteiger partial charge in [-0.2, -0.15) is 5.10 Å². The van der Waals surface area contributed by atoms with Crippen molar-refractivity contribution in [3.05, 3.63) is 41.2 Å². The first kappa shape index (κ1) is 35.5. The Bertz CT molecular complexity index is 1480. The number of piperidine rings is 1. The molecule has 12 heteroatoms. The van der Waals surface area contributed by atoms with Crippen LogP contribution in [0, 0.1) is 19.8 Å². The number of amides is 2. The standard InChI is InChI=1S/C35H54N6O5S/c1-5-6-20-40-33(42)32(24-28-11-8-7-9-12-28)37-34(43)35(40)17-21-39(22-18-35)25-31-26(2)38-41(27(31)3)29-13-15-30(16-14-29)47(44,45)36-19-10-23-46-4/h13-16,28,32,36H,5-12,17-25H2,1-4H3,(H,37,43). The second kappa shape index (κ2) is 15.6. The van der Waals surface area contributed by atoms with Gasteiger partial charge in [0.05, 0.1) is 16.3 Å². The zero-order chi connectivity index (χ0) is 33.6. The zero-order valence-electron chi connectivity index (χ0n) is 28.7. The molecule has 0 radical (unpaired) electrons. The average Bonchev–Trinajstić information content (AvgIpc) is 3.35. The van der Waals surface area contributed by atoms with Gasteiger partial charge in [-0.3, -0.25) is 14.5 Å². The fraction of sp³-hybridized carbons (Fsp3) is 0.686. The highest BCUT2D eigenvalue weighted by atomic mass is 32.2. The van der Waals surface area contributed by atoms with E-state index < -0.39 is 21.6 Å². The molecule has 11 nitrogen and oxygen atoms in total. The third-order valence-corrected chi connectivity index (χ3v) is 12.0. The van der Waals surface area contributed by atoms with Gasteiger partial charge >= 0.3 is 0 Å². The quantitative estimate of drug-likeness (QED) is 0.288. The first-order valence-electron chi connectivity index (χ1n) is 17.6. The molecule has 5 rings (SSSR count). The zero-order valence-corrected chi connectivity index (χ0v) is 29.5. The average molecular weight is 671 g/mol. The van der Waals surface area contributed by atoms with Crippen LogP contribution in [-0.2, 0) is 30.9 Å². The number of unbranched alkanes of at least 4 members (excludes halogenated alkanes) is 1. The van der Waals surface area contributed by atoms with Crippen LogP contribution in [0.1, 0.15) is 94.5 Å².